The van der Waals surface area contributed by atoms with E-state index >= 15 is 0 Å². The van der Waals surface area contributed by atoms with E-state index in [4.69, 9.17) is 9.47 Å². The molecule has 0 radical (unpaired) electrons. The molecular formula is C23H25NO5. The number of hydrogen-bond acceptors (Lipinski definition) is 5. The van der Waals surface area contributed by atoms with Gasteiger partial charge in [-0.05, 0) is 43.7 Å². The fourth-order valence-electron chi connectivity index (χ4n) is 3.42. The highest BCUT2D eigenvalue weighted by Crippen LogP contribution is 2.29. The lowest BCUT2D eigenvalue weighted by atomic mass is 10.1. The zero-order chi connectivity index (χ0) is 20.8. The van der Waals surface area contributed by atoms with E-state index in [0.29, 0.717) is 24.5 Å². The van der Waals surface area contributed by atoms with E-state index in [1.54, 1.807) is 29.2 Å². The minimum absolute atomic E-state index is 0.0823. The van der Waals surface area contributed by atoms with Gasteiger partial charge in [0.05, 0.1) is 18.6 Å². The van der Waals surface area contributed by atoms with Gasteiger partial charge in [0.1, 0.15) is 5.75 Å². The van der Waals surface area contributed by atoms with Gasteiger partial charge >= 0.3 is 5.97 Å². The van der Waals surface area contributed by atoms with Crippen molar-refractivity contribution >= 4 is 17.7 Å². The third kappa shape index (κ3) is 5.02. The summed E-state index contributed by atoms with van der Waals surface area (Å²) in [4.78, 5) is 38.7. The molecular weight excluding hydrogens is 370 g/mol. The largest absolute Gasteiger partial charge is 0.494 e. The molecule has 29 heavy (non-hydrogen) atoms. The van der Waals surface area contributed by atoms with E-state index in [9.17, 15) is 14.4 Å². The molecule has 152 valence electrons. The van der Waals surface area contributed by atoms with Gasteiger partial charge in [-0.1, -0.05) is 30.3 Å². The summed E-state index contributed by atoms with van der Waals surface area (Å²) in [6.45, 7) is 4.33. The van der Waals surface area contributed by atoms with Gasteiger partial charge in [-0.2, -0.15) is 0 Å². The molecule has 0 unspecified atom stereocenters. The van der Waals surface area contributed by atoms with Crippen molar-refractivity contribution in [1.82, 2.24) is 4.90 Å². The van der Waals surface area contributed by atoms with Crippen LogP contribution in [0.3, 0.4) is 0 Å². The molecule has 6 heteroatoms. The molecule has 1 fully saturated rings. The van der Waals surface area contributed by atoms with Crippen molar-refractivity contribution in [3.05, 3.63) is 65.7 Å². The lowest BCUT2D eigenvalue weighted by molar-refractivity contribution is -0.147. The molecule has 1 heterocycles. The summed E-state index contributed by atoms with van der Waals surface area (Å²) in [6.07, 6.45) is 0.104. The fraction of sp³-hybridized carbons (Fsp3) is 0.348. The van der Waals surface area contributed by atoms with Crippen molar-refractivity contribution < 1.29 is 23.9 Å². The first-order valence-electron chi connectivity index (χ1n) is 9.76. The zero-order valence-electron chi connectivity index (χ0n) is 16.7. The van der Waals surface area contributed by atoms with Gasteiger partial charge < -0.3 is 14.4 Å². The first-order valence-corrected chi connectivity index (χ1v) is 9.76. The highest BCUT2D eigenvalue weighted by atomic mass is 16.5. The van der Waals surface area contributed by atoms with Crippen LogP contribution in [0.25, 0.3) is 0 Å². The number of benzene rings is 2. The number of likely N-dealkylation sites (tertiary alicyclic amines) is 1. The zero-order valence-corrected chi connectivity index (χ0v) is 16.7. The van der Waals surface area contributed by atoms with Crippen LogP contribution in [-0.4, -0.2) is 42.3 Å². The minimum atomic E-state index is -0.554. The monoisotopic (exact) mass is 395 g/mol. The van der Waals surface area contributed by atoms with Crippen LogP contribution in [0.2, 0.25) is 0 Å². The number of Topliss-reactive ketones (excluding diaryl/α,β-unsaturated/α-hetero) is 1. The number of amides is 1. The summed E-state index contributed by atoms with van der Waals surface area (Å²) < 4.78 is 10.5. The summed E-state index contributed by atoms with van der Waals surface area (Å²) in [6, 6.07) is 16.3. The van der Waals surface area contributed by atoms with Crippen molar-refractivity contribution in [3.63, 3.8) is 0 Å². The molecule has 0 saturated carbocycles. The van der Waals surface area contributed by atoms with E-state index in [1.807, 2.05) is 44.2 Å². The summed E-state index contributed by atoms with van der Waals surface area (Å²) in [5.41, 5.74) is 1.46. The topological polar surface area (TPSA) is 72.9 Å². The summed E-state index contributed by atoms with van der Waals surface area (Å²) in [7, 11) is 0. The van der Waals surface area contributed by atoms with Gasteiger partial charge in [-0.3, -0.25) is 14.4 Å². The second kappa shape index (κ2) is 9.37. The van der Waals surface area contributed by atoms with E-state index in [0.717, 1.165) is 5.56 Å². The Bertz CT molecular complexity index is 863. The molecule has 0 N–H and O–H groups in total. The molecule has 0 bridgehead atoms. The Labute approximate surface area is 170 Å². The van der Waals surface area contributed by atoms with Gasteiger partial charge in [-0.15, -0.1) is 0 Å². The number of ketones is 1. The maximum atomic E-state index is 12.4. The highest BCUT2D eigenvalue weighted by Gasteiger charge is 2.38. The standard InChI is InChI=1S/C23H25NO5/c1-3-28-20-11-9-18(10-12-20)21(25)15-29-23(27)19-13-22(26)24(14-19)16(2)17-7-5-4-6-8-17/h4-12,16,19H,3,13-15H2,1-2H3/t16-,19+/m1/s1. The van der Waals surface area contributed by atoms with Gasteiger partial charge in [0.2, 0.25) is 5.91 Å². The third-order valence-electron chi connectivity index (χ3n) is 5.07. The number of rotatable bonds is 8. The van der Waals surface area contributed by atoms with Crippen molar-refractivity contribution in [1.29, 1.82) is 0 Å². The number of carbonyl (C=O) groups is 3. The SMILES string of the molecule is CCOc1ccc(C(=O)COC(=O)[C@H]2CC(=O)N([C@H](C)c3ccccc3)C2)cc1. The molecule has 0 aromatic heterocycles. The van der Waals surface area contributed by atoms with Gasteiger partial charge in [0, 0.05) is 18.5 Å². The quantitative estimate of drug-likeness (QED) is 0.506. The number of carbonyl (C=O) groups excluding carboxylic acids is 3. The predicted octanol–water partition coefficient (Wildman–Crippen LogP) is 3.42. The molecule has 1 aliphatic heterocycles. The number of hydrogen-bond donors (Lipinski definition) is 0. The molecule has 2 aromatic carbocycles. The van der Waals surface area contributed by atoms with Gasteiger partial charge in [-0.25, -0.2) is 0 Å². The average molecular weight is 395 g/mol. The highest BCUT2D eigenvalue weighted by molar-refractivity contribution is 5.98. The fourth-order valence-corrected chi connectivity index (χ4v) is 3.42. The first-order chi connectivity index (χ1) is 14.0. The predicted molar refractivity (Wildman–Crippen MR) is 108 cm³/mol. The molecule has 1 aliphatic rings. The summed E-state index contributed by atoms with van der Waals surface area (Å²) in [5, 5.41) is 0. The maximum Gasteiger partial charge on any atom is 0.311 e. The summed E-state index contributed by atoms with van der Waals surface area (Å²) >= 11 is 0. The van der Waals surface area contributed by atoms with Crippen LogP contribution in [0.15, 0.2) is 54.6 Å². The summed E-state index contributed by atoms with van der Waals surface area (Å²) in [5.74, 6) is -0.762. The van der Waals surface area contributed by atoms with Crippen LogP contribution in [0.4, 0.5) is 0 Å². The maximum absolute atomic E-state index is 12.4. The molecule has 2 aromatic rings. The Balaban J connectivity index is 1.53. The number of ether oxygens (including phenoxy) is 2. The lowest BCUT2D eigenvalue weighted by Gasteiger charge is -2.25. The molecule has 2 atom stereocenters. The van der Waals surface area contributed by atoms with E-state index in [1.165, 1.54) is 0 Å². The van der Waals surface area contributed by atoms with Gasteiger partial charge in [0.25, 0.3) is 0 Å². The molecule has 0 spiro atoms. The smallest absolute Gasteiger partial charge is 0.311 e. The minimum Gasteiger partial charge on any atom is -0.494 e. The molecule has 1 saturated heterocycles. The van der Waals surface area contributed by atoms with E-state index < -0.39 is 11.9 Å². The van der Waals surface area contributed by atoms with Crippen molar-refractivity contribution in [2.24, 2.45) is 5.92 Å². The van der Waals surface area contributed by atoms with Crippen LogP contribution in [0, 0.1) is 5.92 Å². The van der Waals surface area contributed by atoms with Crippen molar-refractivity contribution in [2.45, 2.75) is 26.3 Å². The molecule has 1 amide bonds. The number of esters is 1. The normalized spacial score (nSPS) is 17.1. The van der Waals surface area contributed by atoms with Crippen molar-refractivity contribution in [3.8, 4) is 5.75 Å². The second-order valence-corrected chi connectivity index (χ2v) is 7.02. The lowest BCUT2D eigenvalue weighted by Crippen LogP contribution is -2.30. The Kier molecular flexibility index (Phi) is 6.65. The number of nitrogens with zero attached hydrogens (tertiary/aromatic N) is 1. The third-order valence-corrected chi connectivity index (χ3v) is 5.07. The Morgan fingerprint density at radius 3 is 2.45 bits per heavy atom. The van der Waals surface area contributed by atoms with E-state index in [-0.39, 0.29) is 30.8 Å². The van der Waals surface area contributed by atoms with Crippen LogP contribution in [0.5, 0.6) is 5.75 Å². The first kappa shape index (κ1) is 20.6. The van der Waals surface area contributed by atoms with Crippen LogP contribution >= 0.6 is 0 Å². The van der Waals surface area contributed by atoms with E-state index in [2.05, 4.69) is 0 Å². The van der Waals surface area contributed by atoms with Crippen LogP contribution in [0.1, 0.15) is 42.2 Å². The average Bonchev–Trinajstić information content (AvgIpc) is 3.14. The molecule has 3 rings (SSSR count). The van der Waals surface area contributed by atoms with Crippen LogP contribution in [-0.2, 0) is 14.3 Å². The van der Waals surface area contributed by atoms with Gasteiger partial charge in [0.15, 0.2) is 12.4 Å². The second-order valence-electron chi connectivity index (χ2n) is 7.02. The van der Waals surface area contributed by atoms with Crippen LogP contribution < -0.4 is 4.74 Å². The van der Waals surface area contributed by atoms with Crippen molar-refractivity contribution in [2.75, 3.05) is 19.8 Å². The Hall–Kier alpha value is -3.15. The Morgan fingerprint density at radius 1 is 1.10 bits per heavy atom. The molecule has 0 aliphatic carbocycles. The molecule has 6 nitrogen and oxygen atoms in total. The Morgan fingerprint density at radius 2 is 1.79 bits per heavy atom.